The summed E-state index contributed by atoms with van der Waals surface area (Å²) in [7, 11) is 0. The number of benzene rings is 2. The van der Waals surface area contributed by atoms with Gasteiger partial charge in [0.15, 0.2) is 0 Å². The number of nitrogens with one attached hydrogen (secondary N) is 1. The first-order valence-electron chi connectivity index (χ1n) is 11.2. The lowest BCUT2D eigenvalue weighted by Crippen LogP contribution is -2.58. The topological polar surface area (TPSA) is 92.4 Å². The van der Waals surface area contributed by atoms with Gasteiger partial charge in [-0.25, -0.2) is 9.18 Å². The number of aromatic nitrogens is 1. The molecule has 1 amide bonds. The van der Waals surface area contributed by atoms with Crippen LogP contribution in [0.15, 0.2) is 51.8 Å². The molecule has 1 atom stereocenters. The Labute approximate surface area is 197 Å². The van der Waals surface area contributed by atoms with Crippen molar-refractivity contribution >= 4 is 22.4 Å². The van der Waals surface area contributed by atoms with Crippen molar-refractivity contribution in [1.82, 2.24) is 5.16 Å². The standard InChI is InChI=1S/C25H24F4N2O4/c1-15-18-13-16(9-10-17(18)21(32)35-31-15)30-22(33)24(34,25(27,28)29)14-23(11-5-2-6-12-23)19-7-3-4-8-20(19)26/h3-4,7-10,13,34H,2,5-6,11-12,14H2,1H3,(H,30,33). The summed E-state index contributed by atoms with van der Waals surface area (Å²) in [6.07, 6.45) is -4.08. The lowest BCUT2D eigenvalue weighted by molar-refractivity contribution is -0.256. The molecule has 4 rings (SSSR count). The maximum atomic E-state index is 14.8. The minimum Gasteiger partial charge on any atom is -0.373 e. The summed E-state index contributed by atoms with van der Waals surface area (Å²) < 4.78 is 62.3. The average molecular weight is 492 g/mol. The molecule has 10 heteroatoms. The first-order chi connectivity index (χ1) is 16.5. The molecule has 186 valence electrons. The van der Waals surface area contributed by atoms with Gasteiger partial charge in [0.2, 0.25) is 5.60 Å². The van der Waals surface area contributed by atoms with Gasteiger partial charge in [0.25, 0.3) is 5.91 Å². The second-order valence-corrected chi connectivity index (χ2v) is 9.13. The third kappa shape index (κ3) is 4.54. The maximum Gasteiger partial charge on any atom is 0.426 e. The molecule has 1 heterocycles. The summed E-state index contributed by atoms with van der Waals surface area (Å²) in [5, 5.41) is 17.1. The number of rotatable bonds is 5. The molecule has 0 saturated heterocycles. The Bertz CT molecular complexity index is 1310. The van der Waals surface area contributed by atoms with Crippen LogP contribution in [0.25, 0.3) is 10.8 Å². The number of fused-ring (bicyclic) bond motifs is 1. The fraction of sp³-hybridized carbons (Fsp3) is 0.400. The number of anilines is 1. The molecule has 1 unspecified atom stereocenters. The van der Waals surface area contributed by atoms with Crippen LogP contribution in [0, 0.1) is 12.7 Å². The molecule has 0 aliphatic heterocycles. The van der Waals surface area contributed by atoms with Crippen molar-refractivity contribution in [3.05, 3.63) is 70.0 Å². The summed E-state index contributed by atoms with van der Waals surface area (Å²) in [4.78, 5) is 24.9. The monoisotopic (exact) mass is 492 g/mol. The number of hydrogen-bond acceptors (Lipinski definition) is 5. The SMILES string of the molecule is Cc1noc(=O)c2ccc(NC(=O)C(O)(CC3(c4ccccc4F)CCCCC3)C(F)(F)F)cc12. The van der Waals surface area contributed by atoms with Gasteiger partial charge in [-0.15, -0.1) is 0 Å². The Morgan fingerprint density at radius 2 is 1.80 bits per heavy atom. The van der Waals surface area contributed by atoms with Crippen molar-refractivity contribution < 1.29 is 32.0 Å². The number of amides is 1. The van der Waals surface area contributed by atoms with E-state index in [1.54, 1.807) is 0 Å². The van der Waals surface area contributed by atoms with Gasteiger partial charge in [-0.3, -0.25) is 4.79 Å². The van der Waals surface area contributed by atoms with Gasteiger partial charge in [-0.1, -0.05) is 42.6 Å². The molecular formula is C25H24F4N2O4. The van der Waals surface area contributed by atoms with Crippen LogP contribution in [0.4, 0.5) is 23.2 Å². The van der Waals surface area contributed by atoms with E-state index in [0.29, 0.717) is 18.5 Å². The predicted molar refractivity (Wildman–Crippen MR) is 120 cm³/mol. The Kier molecular flexibility index (Phi) is 6.44. The maximum absolute atomic E-state index is 14.8. The molecule has 1 aliphatic carbocycles. The summed E-state index contributed by atoms with van der Waals surface area (Å²) in [5.41, 5.74) is -5.60. The molecule has 0 radical (unpaired) electrons. The highest BCUT2D eigenvalue weighted by molar-refractivity contribution is 5.99. The van der Waals surface area contributed by atoms with E-state index in [4.69, 9.17) is 0 Å². The third-order valence-electron chi connectivity index (χ3n) is 6.85. The van der Waals surface area contributed by atoms with Crippen LogP contribution in [-0.2, 0) is 10.2 Å². The molecule has 2 N–H and O–H groups in total. The number of hydrogen-bond donors (Lipinski definition) is 2. The molecule has 2 aromatic carbocycles. The Morgan fingerprint density at radius 1 is 1.11 bits per heavy atom. The highest BCUT2D eigenvalue weighted by atomic mass is 19.4. The normalized spacial score (nSPS) is 17.7. The van der Waals surface area contributed by atoms with Gasteiger partial charge in [0.1, 0.15) is 5.82 Å². The second kappa shape index (κ2) is 9.07. The summed E-state index contributed by atoms with van der Waals surface area (Å²) in [6, 6.07) is 9.37. The van der Waals surface area contributed by atoms with Crippen LogP contribution in [0.3, 0.4) is 0 Å². The van der Waals surface area contributed by atoms with Crippen LogP contribution in [0.5, 0.6) is 0 Å². The van der Waals surface area contributed by atoms with E-state index >= 15 is 0 Å². The molecule has 3 aromatic rings. The second-order valence-electron chi connectivity index (χ2n) is 9.13. The first-order valence-corrected chi connectivity index (χ1v) is 11.2. The molecule has 1 aromatic heterocycles. The van der Waals surface area contributed by atoms with Crippen LogP contribution in [-0.4, -0.2) is 27.9 Å². The average Bonchev–Trinajstić information content (AvgIpc) is 2.81. The van der Waals surface area contributed by atoms with Gasteiger partial charge in [-0.05, 0) is 49.6 Å². The number of alkyl halides is 3. The molecular weight excluding hydrogens is 468 g/mol. The zero-order chi connectivity index (χ0) is 25.4. The first kappa shape index (κ1) is 24.8. The van der Waals surface area contributed by atoms with Gasteiger partial charge >= 0.3 is 11.8 Å². The minimum atomic E-state index is -5.33. The zero-order valence-corrected chi connectivity index (χ0v) is 18.9. The van der Waals surface area contributed by atoms with Crippen LogP contribution in [0.2, 0.25) is 0 Å². The van der Waals surface area contributed by atoms with Crippen molar-refractivity contribution in [3.63, 3.8) is 0 Å². The molecule has 1 saturated carbocycles. The largest absolute Gasteiger partial charge is 0.426 e. The van der Waals surface area contributed by atoms with Crippen molar-refractivity contribution in [2.45, 2.75) is 62.6 Å². The number of carbonyl (C=O) groups excluding carboxylic acids is 1. The van der Waals surface area contributed by atoms with E-state index in [-0.39, 0.29) is 34.9 Å². The van der Waals surface area contributed by atoms with Crippen molar-refractivity contribution in [2.75, 3.05) is 5.32 Å². The number of nitrogens with zero attached hydrogens (tertiary/aromatic N) is 1. The molecule has 35 heavy (non-hydrogen) atoms. The molecule has 0 bridgehead atoms. The van der Waals surface area contributed by atoms with Gasteiger partial charge < -0.3 is 14.9 Å². The van der Waals surface area contributed by atoms with Crippen LogP contribution in [0.1, 0.15) is 49.8 Å². The van der Waals surface area contributed by atoms with E-state index in [1.165, 1.54) is 49.4 Å². The van der Waals surface area contributed by atoms with E-state index in [1.807, 2.05) is 0 Å². The van der Waals surface area contributed by atoms with Gasteiger partial charge in [0, 0.05) is 22.9 Å². The van der Waals surface area contributed by atoms with Crippen LogP contribution < -0.4 is 10.9 Å². The summed E-state index contributed by atoms with van der Waals surface area (Å²) in [5.74, 6) is -2.35. The number of halogens is 4. The van der Waals surface area contributed by atoms with E-state index in [2.05, 4.69) is 15.0 Å². The fourth-order valence-electron chi connectivity index (χ4n) is 5.00. The highest BCUT2D eigenvalue weighted by Crippen LogP contribution is 2.49. The molecule has 1 aliphatic rings. The Hall–Kier alpha value is -3.27. The quantitative estimate of drug-likeness (QED) is 0.480. The van der Waals surface area contributed by atoms with E-state index < -0.39 is 41.0 Å². The summed E-state index contributed by atoms with van der Waals surface area (Å²) in [6.45, 7) is 1.53. The van der Waals surface area contributed by atoms with Crippen LogP contribution >= 0.6 is 0 Å². The van der Waals surface area contributed by atoms with E-state index in [9.17, 15) is 32.3 Å². The molecule has 1 fully saturated rings. The predicted octanol–water partition coefficient (Wildman–Crippen LogP) is 5.16. The fourth-order valence-corrected chi connectivity index (χ4v) is 5.00. The minimum absolute atomic E-state index is 0.0642. The zero-order valence-electron chi connectivity index (χ0n) is 18.9. The smallest absolute Gasteiger partial charge is 0.373 e. The number of aryl methyl sites for hydroxylation is 1. The Morgan fingerprint density at radius 3 is 2.46 bits per heavy atom. The van der Waals surface area contributed by atoms with Gasteiger partial charge in [-0.2, -0.15) is 13.2 Å². The Balaban J connectivity index is 1.73. The van der Waals surface area contributed by atoms with Crippen molar-refractivity contribution in [3.8, 4) is 0 Å². The lowest BCUT2D eigenvalue weighted by Gasteiger charge is -2.43. The third-order valence-corrected chi connectivity index (χ3v) is 6.85. The summed E-state index contributed by atoms with van der Waals surface area (Å²) >= 11 is 0. The number of carbonyl (C=O) groups is 1. The highest BCUT2D eigenvalue weighted by Gasteiger charge is 2.62. The number of aliphatic hydroxyl groups is 1. The lowest BCUT2D eigenvalue weighted by atomic mass is 9.63. The molecule has 0 spiro atoms. The molecule has 6 nitrogen and oxygen atoms in total. The van der Waals surface area contributed by atoms with Gasteiger partial charge in [0.05, 0.1) is 11.1 Å². The van der Waals surface area contributed by atoms with Crippen molar-refractivity contribution in [2.24, 2.45) is 0 Å². The van der Waals surface area contributed by atoms with Crippen molar-refractivity contribution in [1.29, 1.82) is 0 Å². The van der Waals surface area contributed by atoms with E-state index in [0.717, 1.165) is 6.42 Å².